The first-order valence-electron chi connectivity index (χ1n) is 5.09. The third-order valence-electron chi connectivity index (χ3n) is 2.24. The van der Waals surface area contributed by atoms with Gasteiger partial charge in [-0.1, -0.05) is 6.92 Å². The lowest BCUT2D eigenvalue weighted by molar-refractivity contribution is 0.396. The van der Waals surface area contributed by atoms with Crippen molar-refractivity contribution in [3.8, 4) is 0 Å². The minimum absolute atomic E-state index is 0.0505. The van der Waals surface area contributed by atoms with Crippen molar-refractivity contribution in [1.82, 2.24) is 4.31 Å². The highest BCUT2D eigenvalue weighted by Gasteiger charge is 2.21. The molecule has 0 fully saturated rings. The van der Waals surface area contributed by atoms with Crippen LogP contribution in [0.2, 0.25) is 0 Å². The fourth-order valence-electron chi connectivity index (χ4n) is 1.29. The number of hydrogen-bond acceptors (Lipinski definition) is 3. The molecule has 0 aromatic carbocycles. The van der Waals surface area contributed by atoms with Gasteiger partial charge in [-0.15, -0.1) is 11.6 Å². The normalized spacial score (nSPS) is 14.2. The van der Waals surface area contributed by atoms with Gasteiger partial charge in [0, 0.05) is 12.9 Å². The molecule has 0 saturated carbocycles. The van der Waals surface area contributed by atoms with E-state index in [1.165, 1.54) is 11.4 Å². The molecule has 0 aliphatic rings. The highest BCUT2D eigenvalue weighted by atomic mass is 79.9. The maximum atomic E-state index is 11.9. The van der Waals surface area contributed by atoms with E-state index in [9.17, 15) is 8.42 Å². The summed E-state index contributed by atoms with van der Waals surface area (Å²) in [4.78, 5) is 0. The molecule has 0 N–H and O–H groups in total. The predicted octanol–water partition coefficient (Wildman–Crippen LogP) is 2.68. The topological polar surface area (TPSA) is 50.5 Å². The van der Waals surface area contributed by atoms with Crippen LogP contribution in [0.3, 0.4) is 0 Å². The molecule has 1 atom stereocenters. The lowest BCUT2D eigenvalue weighted by Crippen LogP contribution is -2.31. The van der Waals surface area contributed by atoms with Crippen LogP contribution in [-0.4, -0.2) is 31.4 Å². The van der Waals surface area contributed by atoms with Crippen LogP contribution in [0.1, 0.15) is 12.7 Å². The van der Waals surface area contributed by atoms with Gasteiger partial charge in [0.1, 0.15) is 5.76 Å². The van der Waals surface area contributed by atoms with Gasteiger partial charge in [0.05, 0.1) is 12.3 Å². The minimum atomic E-state index is -3.29. The van der Waals surface area contributed by atoms with Crippen molar-refractivity contribution in [1.29, 1.82) is 0 Å². The van der Waals surface area contributed by atoms with Crippen molar-refractivity contribution in [2.45, 2.75) is 13.5 Å². The monoisotopic (exact) mass is 343 g/mol. The Labute approximate surface area is 115 Å². The zero-order valence-electron chi connectivity index (χ0n) is 9.69. The Morgan fingerprint density at radius 1 is 1.53 bits per heavy atom. The molecule has 17 heavy (non-hydrogen) atoms. The predicted molar refractivity (Wildman–Crippen MR) is 71.5 cm³/mol. The van der Waals surface area contributed by atoms with E-state index in [1.54, 1.807) is 12.1 Å². The second kappa shape index (κ2) is 6.22. The van der Waals surface area contributed by atoms with Gasteiger partial charge in [-0.05, 0) is 34.0 Å². The Kier molecular flexibility index (Phi) is 5.50. The quantitative estimate of drug-likeness (QED) is 0.746. The number of furan rings is 1. The SMILES string of the molecule is CC(CCl)CS(=O)(=O)N(C)Cc1ccc(Br)o1. The Morgan fingerprint density at radius 3 is 2.65 bits per heavy atom. The van der Waals surface area contributed by atoms with Gasteiger partial charge in [-0.2, -0.15) is 4.31 Å². The standard InChI is InChI=1S/C10H15BrClNO3S/c1-8(5-12)7-17(14,15)13(2)6-9-3-4-10(11)16-9/h3-4,8H,5-7H2,1-2H3. The average molecular weight is 345 g/mol. The summed E-state index contributed by atoms with van der Waals surface area (Å²) in [5, 5.41) is 0. The van der Waals surface area contributed by atoms with E-state index >= 15 is 0 Å². The summed E-state index contributed by atoms with van der Waals surface area (Å²) >= 11 is 8.79. The summed E-state index contributed by atoms with van der Waals surface area (Å²) in [7, 11) is -1.75. The molecule has 7 heteroatoms. The third kappa shape index (κ3) is 4.62. The maximum Gasteiger partial charge on any atom is 0.214 e. The summed E-state index contributed by atoms with van der Waals surface area (Å²) in [5.41, 5.74) is 0. The van der Waals surface area contributed by atoms with Crippen LogP contribution in [0.4, 0.5) is 0 Å². The van der Waals surface area contributed by atoms with Crippen LogP contribution in [-0.2, 0) is 16.6 Å². The van der Waals surface area contributed by atoms with Gasteiger partial charge in [0.2, 0.25) is 10.0 Å². The molecule has 1 unspecified atom stereocenters. The summed E-state index contributed by atoms with van der Waals surface area (Å²) < 4.78 is 31.0. The molecule has 1 heterocycles. The molecule has 0 aliphatic heterocycles. The summed E-state index contributed by atoms with van der Waals surface area (Å²) in [6.45, 7) is 2.03. The number of halogens is 2. The van der Waals surface area contributed by atoms with Gasteiger partial charge in [-0.3, -0.25) is 0 Å². The van der Waals surface area contributed by atoms with E-state index < -0.39 is 10.0 Å². The minimum Gasteiger partial charge on any atom is -0.453 e. The van der Waals surface area contributed by atoms with Gasteiger partial charge in [-0.25, -0.2) is 8.42 Å². The Balaban J connectivity index is 2.66. The van der Waals surface area contributed by atoms with Crippen LogP contribution >= 0.6 is 27.5 Å². The average Bonchev–Trinajstić information content (AvgIpc) is 2.63. The lowest BCUT2D eigenvalue weighted by Gasteiger charge is -2.17. The van der Waals surface area contributed by atoms with Crippen LogP contribution in [0.25, 0.3) is 0 Å². The first kappa shape index (κ1) is 15.0. The summed E-state index contributed by atoms with van der Waals surface area (Å²) in [6.07, 6.45) is 0. The van der Waals surface area contributed by atoms with Crippen LogP contribution in [0.15, 0.2) is 21.2 Å². The molecule has 0 amide bonds. The third-order valence-corrected chi connectivity index (χ3v) is 5.26. The first-order chi connectivity index (χ1) is 7.85. The molecule has 0 saturated heterocycles. The Hall–Kier alpha value is -0.0400. The van der Waals surface area contributed by atoms with E-state index in [0.29, 0.717) is 16.3 Å². The van der Waals surface area contributed by atoms with E-state index in [2.05, 4.69) is 15.9 Å². The van der Waals surface area contributed by atoms with Crippen LogP contribution < -0.4 is 0 Å². The Morgan fingerprint density at radius 2 is 2.18 bits per heavy atom. The number of nitrogens with zero attached hydrogens (tertiary/aromatic N) is 1. The lowest BCUT2D eigenvalue weighted by atomic mass is 10.3. The molecule has 4 nitrogen and oxygen atoms in total. The van der Waals surface area contributed by atoms with E-state index in [1.807, 2.05) is 6.92 Å². The number of sulfonamides is 1. The maximum absolute atomic E-state index is 11.9. The molecule has 1 aromatic heterocycles. The molecule has 98 valence electrons. The van der Waals surface area contributed by atoms with Gasteiger partial charge < -0.3 is 4.42 Å². The van der Waals surface area contributed by atoms with E-state index in [0.717, 1.165) is 0 Å². The fourth-order valence-corrected chi connectivity index (χ4v) is 3.28. The second-order valence-electron chi connectivity index (χ2n) is 4.00. The molecule has 1 aromatic rings. The zero-order chi connectivity index (χ0) is 13.1. The van der Waals surface area contributed by atoms with Crippen molar-refractivity contribution >= 4 is 37.6 Å². The molecule has 0 radical (unpaired) electrons. The van der Waals surface area contributed by atoms with E-state index in [4.69, 9.17) is 16.0 Å². The fraction of sp³-hybridized carbons (Fsp3) is 0.600. The van der Waals surface area contributed by atoms with Crippen LogP contribution in [0, 0.1) is 5.92 Å². The van der Waals surface area contributed by atoms with Crippen molar-refractivity contribution in [2.75, 3.05) is 18.7 Å². The zero-order valence-corrected chi connectivity index (χ0v) is 12.8. The molecule has 1 rings (SSSR count). The molecular formula is C10H15BrClNO3S. The van der Waals surface area contributed by atoms with Crippen molar-refractivity contribution in [3.05, 3.63) is 22.6 Å². The summed E-state index contributed by atoms with van der Waals surface area (Å²) in [5.74, 6) is 0.919. The van der Waals surface area contributed by atoms with Crippen LogP contribution in [0.5, 0.6) is 0 Å². The van der Waals surface area contributed by atoms with E-state index in [-0.39, 0.29) is 18.2 Å². The smallest absolute Gasteiger partial charge is 0.214 e. The molecule has 0 aliphatic carbocycles. The highest BCUT2D eigenvalue weighted by molar-refractivity contribution is 9.10. The Bertz CT molecular complexity index is 460. The van der Waals surface area contributed by atoms with Crippen molar-refractivity contribution < 1.29 is 12.8 Å². The summed E-state index contributed by atoms with van der Waals surface area (Å²) in [6, 6.07) is 3.47. The number of hydrogen-bond donors (Lipinski definition) is 0. The highest BCUT2D eigenvalue weighted by Crippen LogP contribution is 2.17. The number of alkyl halides is 1. The largest absolute Gasteiger partial charge is 0.453 e. The van der Waals surface area contributed by atoms with Gasteiger partial charge in [0.25, 0.3) is 0 Å². The molecule has 0 spiro atoms. The van der Waals surface area contributed by atoms with Crippen molar-refractivity contribution in [2.24, 2.45) is 5.92 Å². The van der Waals surface area contributed by atoms with Gasteiger partial charge in [0.15, 0.2) is 4.67 Å². The van der Waals surface area contributed by atoms with Gasteiger partial charge >= 0.3 is 0 Å². The second-order valence-corrected chi connectivity index (χ2v) is 7.21. The number of rotatable bonds is 6. The first-order valence-corrected chi connectivity index (χ1v) is 8.03. The molecular weight excluding hydrogens is 330 g/mol. The van der Waals surface area contributed by atoms with Crippen molar-refractivity contribution in [3.63, 3.8) is 0 Å². The molecule has 0 bridgehead atoms.